The molecule has 3 aromatic rings. The predicted octanol–water partition coefficient (Wildman–Crippen LogP) is 5.49. The lowest BCUT2D eigenvalue weighted by Crippen LogP contribution is -2.03. The van der Waals surface area contributed by atoms with Crippen LogP contribution in [-0.2, 0) is 0 Å². The van der Waals surface area contributed by atoms with Gasteiger partial charge in [-0.1, -0.05) is 54.1 Å². The smallest absolute Gasteiger partial charge is 0.134 e. The fraction of sp³-hybridized carbons (Fsp3) is 0.143. The quantitative estimate of drug-likeness (QED) is 0.521. The Labute approximate surface area is 141 Å². The Kier molecular flexibility index (Phi) is 3.34. The molecule has 0 bridgehead atoms. The van der Waals surface area contributed by atoms with Crippen molar-refractivity contribution in [1.82, 2.24) is 0 Å². The van der Waals surface area contributed by atoms with Gasteiger partial charge in [0.15, 0.2) is 0 Å². The van der Waals surface area contributed by atoms with Crippen molar-refractivity contribution < 1.29 is 8.78 Å². The van der Waals surface area contributed by atoms with Gasteiger partial charge in [-0.25, -0.2) is 8.78 Å². The summed E-state index contributed by atoms with van der Waals surface area (Å²) in [5, 5.41) is 0. The summed E-state index contributed by atoms with van der Waals surface area (Å²) in [6.45, 7) is 3.68. The summed E-state index contributed by atoms with van der Waals surface area (Å²) in [6.07, 6.45) is 0. The van der Waals surface area contributed by atoms with E-state index in [4.69, 9.17) is 7.85 Å². The van der Waals surface area contributed by atoms with Gasteiger partial charge >= 0.3 is 0 Å². The molecule has 3 aromatic carbocycles. The summed E-state index contributed by atoms with van der Waals surface area (Å²) in [4.78, 5) is 0. The summed E-state index contributed by atoms with van der Waals surface area (Å²) in [5.41, 5.74) is 5.07. The number of halogens is 2. The number of fused-ring (bicyclic) bond motifs is 3. The molecule has 0 nitrogen and oxygen atoms in total. The second-order valence-electron chi connectivity index (χ2n) is 6.39. The minimum Gasteiger partial charge on any atom is -0.206 e. The zero-order chi connectivity index (χ0) is 17.0. The van der Waals surface area contributed by atoms with Gasteiger partial charge in [0.25, 0.3) is 0 Å². The van der Waals surface area contributed by atoms with E-state index in [0.717, 1.165) is 11.1 Å². The van der Waals surface area contributed by atoms with Crippen molar-refractivity contribution in [3.8, 4) is 22.3 Å². The highest BCUT2D eigenvalue weighted by Gasteiger charge is 2.32. The van der Waals surface area contributed by atoms with E-state index in [2.05, 4.69) is 0 Å². The molecule has 1 unspecified atom stereocenters. The molecular weight excluding hydrogens is 301 g/mol. The van der Waals surface area contributed by atoms with Gasteiger partial charge in [0.05, 0.1) is 7.85 Å². The van der Waals surface area contributed by atoms with Crippen LogP contribution in [0.5, 0.6) is 0 Å². The van der Waals surface area contributed by atoms with Crippen LogP contribution < -0.4 is 0 Å². The molecule has 1 atom stereocenters. The Morgan fingerprint density at radius 3 is 1.92 bits per heavy atom. The third kappa shape index (κ3) is 2.04. The van der Waals surface area contributed by atoms with Crippen molar-refractivity contribution >= 4 is 7.85 Å². The van der Waals surface area contributed by atoms with Gasteiger partial charge in [0, 0.05) is 5.56 Å². The minimum atomic E-state index is -0.778. The Morgan fingerprint density at radius 2 is 1.25 bits per heavy atom. The summed E-state index contributed by atoms with van der Waals surface area (Å²) in [7, 11) is 6.22. The highest BCUT2D eigenvalue weighted by atomic mass is 19.1. The van der Waals surface area contributed by atoms with Crippen LogP contribution in [0.15, 0.2) is 48.5 Å². The number of rotatable bonds is 1. The van der Waals surface area contributed by atoms with Crippen LogP contribution in [-0.4, -0.2) is 7.85 Å². The molecule has 3 heteroatoms. The van der Waals surface area contributed by atoms with E-state index in [1.165, 1.54) is 0 Å². The van der Waals surface area contributed by atoms with Crippen molar-refractivity contribution in [3.63, 3.8) is 0 Å². The van der Waals surface area contributed by atoms with E-state index in [1.807, 2.05) is 43.3 Å². The first-order chi connectivity index (χ1) is 11.5. The lowest BCUT2D eigenvalue weighted by molar-refractivity contribution is 0.598. The first kappa shape index (κ1) is 15.1. The summed E-state index contributed by atoms with van der Waals surface area (Å²) in [6, 6.07) is 14.8. The molecule has 0 amide bonds. The van der Waals surface area contributed by atoms with Gasteiger partial charge in [0.1, 0.15) is 11.6 Å². The number of hydrogen-bond acceptors (Lipinski definition) is 0. The van der Waals surface area contributed by atoms with Crippen LogP contribution in [0.3, 0.4) is 0 Å². The molecule has 116 valence electrons. The molecule has 0 spiro atoms. The molecule has 0 aromatic heterocycles. The maximum atomic E-state index is 15.2. The van der Waals surface area contributed by atoms with Crippen molar-refractivity contribution in [1.29, 1.82) is 0 Å². The van der Waals surface area contributed by atoms with Gasteiger partial charge in [0.2, 0.25) is 0 Å². The highest BCUT2D eigenvalue weighted by molar-refractivity contribution is 6.17. The molecule has 4 rings (SSSR count). The maximum absolute atomic E-state index is 15.2. The van der Waals surface area contributed by atoms with Gasteiger partial charge in [-0.15, -0.1) is 0 Å². The van der Waals surface area contributed by atoms with Crippen molar-refractivity contribution in [2.75, 3.05) is 0 Å². The van der Waals surface area contributed by atoms with Crippen LogP contribution in [0.4, 0.5) is 8.78 Å². The first-order valence-electron chi connectivity index (χ1n) is 7.93. The third-order valence-electron chi connectivity index (χ3n) is 4.83. The van der Waals surface area contributed by atoms with Crippen molar-refractivity contribution in [3.05, 3.63) is 82.4 Å². The molecule has 0 heterocycles. The minimum absolute atomic E-state index is 0.340. The summed E-state index contributed by atoms with van der Waals surface area (Å²) >= 11 is 0. The predicted molar refractivity (Wildman–Crippen MR) is 94.3 cm³/mol. The average molecular weight is 316 g/mol. The average Bonchev–Trinajstić information content (AvgIpc) is 2.86. The monoisotopic (exact) mass is 316 g/mol. The molecule has 24 heavy (non-hydrogen) atoms. The molecule has 1 aliphatic rings. The molecule has 2 radical (unpaired) electrons. The topological polar surface area (TPSA) is 0 Å². The Morgan fingerprint density at radius 1 is 0.708 bits per heavy atom. The highest BCUT2D eigenvalue weighted by Crippen LogP contribution is 2.47. The van der Waals surface area contributed by atoms with E-state index >= 15 is 4.39 Å². The van der Waals surface area contributed by atoms with Crippen molar-refractivity contribution in [2.45, 2.75) is 19.7 Å². The fourth-order valence-corrected chi connectivity index (χ4v) is 3.47. The standard InChI is InChI=1S/C21H15BF2/c1-11-3-6-13(7-4-11)14-9-10-16-15-8-5-12(2)20(23)17(15)19(22)18(16)21(14)24/h3-10,19H,1-2H3. The normalized spacial score (nSPS) is 15.2. The van der Waals surface area contributed by atoms with E-state index in [1.54, 1.807) is 19.1 Å². The molecular formula is C21H15BF2. The second kappa shape index (κ2) is 5.30. The summed E-state index contributed by atoms with van der Waals surface area (Å²) < 4.78 is 29.7. The van der Waals surface area contributed by atoms with Gasteiger partial charge in [-0.3, -0.25) is 0 Å². The van der Waals surface area contributed by atoms with E-state index < -0.39 is 5.82 Å². The Bertz CT molecular complexity index is 959. The lowest BCUT2D eigenvalue weighted by Gasteiger charge is -2.12. The molecule has 1 aliphatic carbocycles. The molecule has 0 N–H and O–H groups in total. The largest absolute Gasteiger partial charge is 0.206 e. The van der Waals surface area contributed by atoms with Gasteiger partial charge in [-0.05, 0) is 53.0 Å². The van der Waals surface area contributed by atoms with Crippen LogP contribution >= 0.6 is 0 Å². The first-order valence-corrected chi connectivity index (χ1v) is 7.93. The molecule has 0 saturated carbocycles. The van der Waals surface area contributed by atoms with Gasteiger partial charge in [-0.2, -0.15) is 0 Å². The summed E-state index contributed by atoms with van der Waals surface area (Å²) in [5.74, 6) is -1.48. The third-order valence-corrected chi connectivity index (χ3v) is 4.83. The second-order valence-corrected chi connectivity index (χ2v) is 6.39. The van der Waals surface area contributed by atoms with Crippen LogP contribution in [0.2, 0.25) is 0 Å². The lowest BCUT2D eigenvalue weighted by atomic mass is 9.78. The molecule has 0 aliphatic heterocycles. The Hall–Kier alpha value is -2.42. The molecule has 0 fully saturated rings. The fourth-order valence-electron chi connectivity index (χ4n) is 3.47. The molecule has 0 saturated heterocycles. The van der Waals surface area contributed by atoms with E-state index in [-0.39, 0.29) is 11.6 Å². The number of benzene rings is 3. The number of aryl methyl sites for hydroxylation is 2. The van der Waals surface area contributed by atoms with Crippen LogP contribution in [0.25, 0.3) is 22.3 Å². The SMILES string of the molecule is [B]C1c2c(ccc(C)c2F)-c2ccc(-c3ccc(C)cc3)c(F)c21. The van der Waals surface area contributed by atoms with E-state index in [9.17, 15) is 4.39 Å². The zero-order valence-corrected chi connectivity index (χ0v) is 13.5. The Balaban J connectivity index is 1.93. The zero-order valence-electron chi connectivity index (χ0n) is 13.5. The van der Waals surface area contributed by atoms with Crippen LogP contribution in [0, 0.1) is 25.5 Å². The van der Waals surface area contributed by atoms with Crippen molar-refractivity contribution in [2.24, 2.45) is 0 Å². The number of hydrogen-bond donors (Lipinski definition) is 0. The van der Waals surface area contributed by atoms with E-state index in [0.29, 0.717) is 33.4 Å². The van der Waals surface area contributed by atoms with Crippen LogP contribution in [0.1, 0.15) is 28.1 Å². The van der Waals surface area contributed by atoms with Gasteiger partial charge < -0.3 is 0 Å². The maximum Gasteiger partial charge on any atom is 0.134 e.